The van der Waals surface area contributed by atoms with Gasteiger partial charge in [0.2, 0.25) is 0 Å². The maximum atomic E-state index is 11.2. The first-order valence-electron chi connectivity index (χ1n) is 4.25. The maximum absolute atomic E-state index is 11.2. The van der Waals surface area contributed by atoms with Gasteiger partial charge in [-0.05, 0) is 6.42 Å². The van der Waals surface area contributed by atoms with Gasteiger partial charge in [0.1, 0.15) is 6.26 Å². The lowest BCUT2D eigenvalue weighted by molar-refractivity contribution is 0.0696. The molecule has 0 aromatic carbocycles. The summed E-state index contributed by atoms with van der Waals surface area (Å²) in [5.74, 6) is -1.47. The first kappa shape index (κ1) is 10.3. The number of amides is 1. The van der Waals surface area contributed by atoms with Crippen LogP contribution in [0, 0.1) is 0 Å². The molecule has 0 radical (unpaired) electrons. The highest BCUT2D eigenvalue weighted by Gasteiger charge is 2.13. The van der Waals surface area contributed by atoms with Crippen LogP contribution >= 0.6 is 0 Å². The lowest BCUT2D eigenvalue weighted by Gasteiger charge is -1.98. The van der Waals surface area contributed by atoms with Crippen LogP contribution in [-0.4, -0.2) is 23.5 Å². The maximum Gasteiger partial charge on any atom is 0.338 e. The second kappa shape index (κ2) is 4.45. The number of carboxylic acid groups (broad SMARTS) is 1. The molecule has 1 amide bonds. The van der Waals surface area contributed by atoms with Gasteiger partial charge in [-0.3, -0.25) is 4.79 Å². The lowest BCUT2D eigenvalue weighted by atomic mass is 10.3. The fraction of sp³-hybridized carbons (Fsp3) is 0.333. The van der Waals surface area contributed by atoms with E-state index in [4.69, 9.17) is 9.52 Å². The SMILES string of the molecule is CCCNC(=O)c1cc(C(=O)O)co1. The van der Waals surface area contributed by atoms with Gasteiger partial charge in [0, 0.05) is 12.6 Å². The molecule has 0 bridgehead atoms. The smallest absolute Gasteiger partial charge is 0.338 e. The van der Waals surface area contributed by atoms with Gasteiger partial charge in [-0.25, -0.2) is 4.79 Å². The Labute approximate surface area is 80.7 Å². The third-order valence-electron chi connectivity index (χ3n) is 1.61. The van der Waals surface area contributed by atoms with Crippen molar-refractivity contribution < 1.29 is 19.1 Å². The fourth-order valence-corrected chi connectivity index (χ4v) is 0.893. The van der Waals surface area contributed by atoms with E-state index in [2.05, 4.69) is 5.32 Å². The van der Waals surface area contributed by atoms with Gasteiger partial charge in [0.05, 0.1) is 5.56 Å². The van der Waals surface area contributed by atoms with Crippen molar-refractivity contribution >= 4 is 11.9 Å². The normalized spacial score (nSPS) is 9.79. The first-order valence-corrected chi connectivity index (χ1v) is 4.25. The highest BCUT2D eigenvalue weighted by molar-refractivity contribution is 5.95. The van der Waals surface area contributed by atoms with Crippen LogP contribution in [-0.2, 0) is 0 Å². The second-order valence-electron chi connectivity index (χ2n) is 2.76. The van der Waals surface area contributed by atoms with Crippen LogP contribution in [0.3, 0.4) is 0 Å². The molecule has 0 atom stereocenters. The molecular formula is C9H11NO4. The number of rotatable bonds is 4. The van der Waals surface area contributed by atoms with Crippen molar-refractivity contribution in [2.24, 2.45) is 0 Å². The summed E-state index contributed by atoms with van der Waals surface area (Å²) in [5, 5.41) is 11.1. The van der Waals surface area contributed by atoms with Crippen LogP contribution in [0.2, 0.25) is 0 Å². The minimum absolute atomic E-state index is 0.0216. The Balaban J connectivity index is 2.66. The van der Waals surface area contributed by atoms with Gasteiger partial charge in [-0.2, -0.15) is 0 Å². The summed E-state index contributed by atoms with van der Waals surface area (Å²) >= 11 is 0. The van der Waals surface area contributed by atoms with Crippen molar-refractivity contribution in [1.82, 2.24) is 5.32 Å². The quantitative estimate of drug-likeness (QED) is 0.757. The number of furan rings is 1. The highest BCUT2D eigenvalue weighted by Crippen LogP contribution is 2.07. The molecule has 1 aromatic rings. The Bertz CT molecular complexity index is 342. The number of hydrogen-bond donors (Lipinski definition) is 2. The summed E-state index contributed by atoms with van der Waals surface area (Å²) in [7, 11) is 0. The van der Waals surface area contributed by atoms with Crippen LogP contribution in [0.5, 0.6) is 0 Å². The summed E-state index contributed by atoms with van der Waals surface area (Å²) in [6.45, 7) is 2.47. The van der Waals surface area contributed by atoms with Crippen LogP contribution in [0.25, 0.3) is 0 Å². The van der Waals surface area contributed by atoms with E-state index in [1.165, 1.54) is 6.07 Å². The van der Waals surface area contributed by atoms with E-state index >= 15 is 0 Å². The average Bonchev–Trinajstić information content (AvgIpc) is 2.62. The molecule has 5 heteroatoms. The second-order valence-corrected chi connectivity index (χ2v) is 2.76. The van der Waals surface area contributed by atoms with Crippen molar-refractivity contribution in [3.05, 3.63) is 23.7 Å². The summed E-state index contributed by atoms with van der Waals surface area (Å²) < 4.78 is 4.79. The van der Waals surface area contributed by atoms with E-state index in [-0.39, 0.29) is 17.2 Å². The Morgan fingerprint density at radius 3 is 2.79 bits per heavy atom. The van der Waals surface area contributed by atoms with E-state index in [0.29, 0.717) is 6.54 Å². The summed E-state index contributed by atoms with van der Waals surface area (Å²) in [4.78, 5) is 21.7. The summed E-state index contributed by atoms with van der Waals surface area (Å²) in [6, 6.07) is 1.20. The molecule has 0 aliphatic heterocycles. The van der Waals surface area contributed by atoms with Gasteiger partial charge >= 0.3 is 5.97 Å². The van der Waals surface area contributed by atoms with Crippen LogP contribution in [0.1, 0.15) is 34.3 Å². The average molecular weight is 197 g/mol. The zero-order valence-electron chi connectivity index (χ0n) is 7.74. The van der Waals surface area contributed by atoms with E-state index < -0.39 is 5.97 Å². The number of carboxylic acids is 1. The lowest BCUT2D eigenvalue weighted by Crippen LogP contribution is -2.23. The molecule has 0 aliphatic rings. The fourth-order valence-electron chi connectivity index (χ4n) is 0.893. The monoisotopic (exact) mass is 197 g/mol. The highest BCUT2D eigenvalue weighted by atomic mass is 16.4. The van der Waals surface area contributed by atoms with Crippen molar-refractivity contribution in [2.75, 3.05) is 6.54 Å². The first-order chi connectivity index (χ1) is 6.65. The van der Waals surface area contributed by atoms with E-state index in [1.54, 1.807) is 0 Å². The number of aromatic carboxylic acids is 1. The van der Waals surface area contributed by atoms with Gasteiger partial charge in [0.25, 0.3) is 5.91 Å². The van der Waals surface area contributed by atoms with E-state index in [9.17, 15) is 9.59 Å². The molecule has 5 nitrogen and oxygen atoms in total. The molecular weight excluding hydrogens is 186 g/mol. The summed E-state index contributed by atoms with van der Waals surface area (Å²) in [6.07, 6.45) is 1.86. The Kier molecular flexibility index (Phi) is 3.28. The van der Waals surface area contributed by atoms with Gasteiger partial charge in [-0.15, -0.1) is 0 Å². The molecule has 0 fully saturated rings. The van der Waals surface area contributed by atoms with Crippen molar-refractivity contribution in [3.63, 3.8) is 0 Å². The molecule has 0 unspecified atom stereocenters. The van der Waals surface area contributed by atoms with Gasteiger partial charge < -0.3 is 14.8 Å². The molecule has 1 rings (SSSR count). The van der Waals surface area contributed by atoms with Gasteiger partial charge in [-0.1, -0.05) is 6.92 Å². The number of carbonyl (C=O) groups excluding carboxylic acids is 1. The Morgan fingerprint density at radius 2 is 2.29 bits per heavy atom. The molecule has 0 saturated carbocycles. The van der Waals surface area contributed by atoms with Crippen molar-refractivity contribution in [3.8, 4) is 0 Å². The molecule has 2 N–H and O–H groups in total. The topological polar surface area (TPSA) is 79.5 Å². The molecule has 76 valence electrons. The zero-order chi connectivity index (χ0) is 10.6. The predicted molar refractivity (Wildman–Crippen MR) is 48.3 cm³/mol. The minimum atomic E-state index is -1.11. The van der Waals surface area contributed by atoms with E-state index in [1.807, 2.05) is 6.92 Å². The molecule has 1 aromatic heterocycles. The number of carbonyl (C=O) groups is 2. The zero-order valence-corrected chi connectivity index (χ0v) is 7.74. The minimum Gasteiger partial charge on any atom is -0.478 e. The van der Waals surface area contributed by atoms with Crippen LogP contribution in [0.15, 0.2) is 16.7 Å². The largest absolute Gasteiger partial charge is 0.478 e. The van der Waals surface area contributed by atoms with E-state index in [0.717, 1.165) is 12.7 Å². The standard InChI is InChI=1S/C9H11NO4/c1-2-3-10-8(11)7-4-6(5-14-7)9(12)13/h4-5H,2-3H2,1H3,(H,10,11)(H,12,13). The predicted octanol–water partition coefficient (Wildman–Crippen LogP) is 1.12. The van der Waals surface area contributed by atoms with Crippen molar-refractivity contribution in [2.45, 2.75) is 13.3 Å². The summed E-state index contributed by atoms with van der Waals surface area (Å²) in [5.41, 5.74) is -0.0216. The Morgan fingerprint density at radius 1 is 1.57 bits per heavy atom. The third-order valence-corrected chi connectivity index (χ3v) is 1.61. The number of nitrogens with one attached hydrogen (secondary N) is 1. The molecule has 1 heterocycles. The molecule has 0 saturated heterocycles. The Hall–Kier alpha value is -1.78. The van der Waals surface area contributed by atoms with Crippen LogP contribution in [0.4, 0.5) is 0 Å². The molecule has 14 heavy (non-hydrogen) atoms. The molecule has 0 spiro atoms. The van der Waals surface area contributed by atoms with Crippen LogP contribution < -0.4 is 5.32 Å². The third kappa shape index (κ3) is 2.35. The number of hydrogen-bond acceptors (Lipinski definition) is 3. The molecule has 0 aliphatic carbocycles. The van der Waals surface area contributed by atoms with Gasteiger partial charge in [0.15, 0.2) is 5.76 Å². The van der Waals surface area contributed by atoms with Crippen molar-refractivity contribution in [1.29, 1.82) is 0 Å².